The average molecular weight is 303 g/mol. The van der Waals surface area contributed by atoms with Gasteiger partial charge in [-0.1, -0.05) is 6.92 Å². The third kappa shape index (κ3) is 2.58. The Hall–Kier alpha value is -1.40. The first-order valence-electron chi connectivity index (χ1n) is 7.82. The highest BCUT2D eigenvalue weighted by molar-refractivity contribution is 7.18. The van der Waals surface area contributed by atoms with Gasteiger partial charge in [0.05, 0.1) is 5.39 Å². The van der Waals surface area contributed by atoms with E-state index in [1.807, 2.05) is 0 Å². The second-order valence-corrected chi connectivity index (χ2v) is 7.29. The molecule has 112 valence electrons. The molecule has 0 aliphatic heterocycles. The summed E-state index contributed by atoms with van der Waals surface area (Å²) in [5, 5.41) is 4.86. The number of aromatic nitrogens is 2. The molecule has 2 aromatic rings. The summed E-state index contributed by atoms with van der Waals surface area (Å²) >= 11 is 1.73. The van der Waals surface area contributed by atoms with E-state index in [0.29, 0.717) is 12.0 Å². The van der Waals surface area contributed by atoms with E-state index in [4.69, 9.17) is 5.84 Å². The van der Waals surface area contributed by atoms with E-state index in [0.717, 1.165) is 34.3 Å². The number of anilines is 2. The zero-order valence-corrected chi connectivity index (χ0v) is 13.0. The molecular formula is C15H21N5S. The molecule has 6 heteroatoms. The van der Waals surface area contributed by atoms with Gasteiger partial charge in [0.15, 0.2) is 0 Å². The molecule has 2 fully saturated rings. The molecule has 2 aromatic heterocycles. The van der Waals surface area contributed by atoms with Crippen molar-refractivity contribution in [2.24, 2.45) is 17.7 Å². The summed E-state index contributed by atoms with van der Waals surface area (Å²) in [7, 11) is 0. The fourth-order valence-corrected chi connectivity index (χ4v) is 3.98. The molecule has 0 unspecified atom stereocenters. The summed E-state index contributed by atoms with van der Waals surface area (Å²) in [6.07, 6.45) is 6.45. The standard InChI is InChI=1S/C15H21N5S/c1-2-10-7-11-13(18-15(20-16)19-14(11)21-10)17-12(8-3-4-8)9-5-6-9/h7-9,12H,2-6,16H2,1H3,(H2,17,18,19,20). The van der Waals surface area contributed by atoms with E-state index < -0.39 is 0 Å². The molecule has 0 bridgehead atoms. The van der Waals surface area contributed by atoms with Gasteiger partial charge in [-0.2, -0.15) is 4.98 Å². The summed E-state index contributed by atoms with van der Waals surface area (Å²) in [5.41, 5.74) is 2.59. The highest BCUT2D eigenvalue weighted by atomic mass is 32.1. The number of nitrogens with zero attached hydrogens (tertiary/aromatic N) is 2. The molecule has 2 saturated carbocycles. The monoisotopic (exact) mass is 303 g/mol. The Morgan fingerprint density at radius 2 is 2.00 bits per heavy atom. The lowest BCUT2D eigenvalue weighted by molar-refractivity contribution is 0.566. The zero-order valence-electron chi connectivity index (χ0n) is 12.2. The number of nitrogens with two attached hydrogens (primary N) is 1. The second kappa shape index (κ2) is 5.10. The van der Waals surface area contributed by atoms with Gasteiger partial charge in [-0.25, -0.2) is 10.8 Å². The molecule has 2 aliphatic rings. The molecule has 21 heavy (non-hydrogen) atoms. The van der Waals surface area contributed by atoms with E-state index in [-0.39, 0.29) is 0 Å². The number of hydrazine groups is 1. The fraction of sp³-hybridized carbons (Fsp3) is 0.600. The third-order valence-corrected chi connectivity index (χ3v) is 5.66. The van der Waals surface area contributed by atoms with Gasteiger partial charge in [-0.3, -0.25) is 5.43 Å². The molecule has 0 radical (unpaired) electrons. The summed E-state index contributed by atoms with van der Waals surface area (Å²) in [4.78, 5) is 11.4. The largest absolute Gasteiger partial charge is 0.366 e. The molecule has 0 spiro atoms. The van der Waals surface area contributed by atoms with Crippen LogP contribution in [0.2, 0.25) is 0 Å². The smallest absolute Gasteiger partial charge is 0.240 e. The van der Waals surface area contributed by atoms with Crippen molar-refractivity contribution in [2.45, 2.75) is 45.1 Å². The first-order chi connectivity index (χ1) is 10.3. The molecule has 2 heterocycles. The Morgan fingerprint density at radius 1 is 1.29 bits per heavy atom. The molecular weight excluding hydrogens is 282 g/mol. The van der Waals surface area contributed by atoms with Crippen molar-refractivity contribution in [3.8, 4) is 0 Å². The van der Waals surface area contributed by atoms with Gasteiger partial charge in [0, 0.05) is 10.9 Å². The molecule has 4 rings (SSSR count). The van der Waals surface area contributed by atoms with Crippen LogP contribution in [0.4, 0.5) is 11.8 Å². The minimum Gasteiger partial charge on any atom is -0.366 e. The van der Waals surface area contributed by atoms with E-state index in [2.05, 4.69) is 33.7 Å². The van der Waals surface area contributed by atoms with E-state index in [1.165, 1.54) is 30.6 Å². The summed E-state index contributed by atoms with van der Waals surface area (Å²) in [6, 6.07) is 2.80. The Labute approximate surface area is 128 Å². The lowest BCUT2D eigenvalue weighted by Crippen LogP contribution is -2.25. The van der Waals surface area contributed by atoms with Gasteiger partial charge in [0.1, 0.15) is 10.6 Å². The van der Waals surface area contributed by atoms with Gasteiger partial charge in [-0.15, -0.1) is 11.3 Å². The Morgan fingerprint density at radius 3 is 2.57 bits per heavy atom. The lowest BCUT2D eigenvalue weighted by atomic mass is 10.1. The van der Waals surface area contributed by atoms with Crippen LogP contribution >= 0.6 is 11.3 Å². The SMILES string of the molecule is CCc1cc2c(NC(C3CC3)C3CC3)nc(NN)nc2s1. The minimum absolute atomic E-state index is 0.500. The molecule has 0 atom stereocenters. The van der Waals surface area contributed by atoms with Crippen LogP contribution in [-0.2, 0) is 6.42 Å². The van der Waals surface area contributed by atoms with Gasteiger partial charge in [0.2, 0.25) is 5.95 Å². The van der Waals surface area contributed by atoms with Gasteiger partial charge >= 0.3 is 0 Å². The Bertz CT molecular complexity index is 647. The van der Waals surface area contributed by atoms with Crippen LogP contribution in [0.5, 0.6) is 0 Å². The van der Waals surface area contributed by atoms with Crippen LogP contribution in [0.25, 0.3) is 10.2 Å². The maximum atomic E-state index is 5.53. The minimum atomic E-state index is 0.500. The number of thiophene rings is 1. The molecule has 0 amide bonds. The molecule has 4 N–H and O–H groups in total. The molecule has 0 aromatic carbocycles. The van der Waals surface area contributed by atoms with Crippen LogP contribution in [0.1, 0.15) is 37.5 Å². The van der Waals surface area contributed by atoms with Gasteiger partial charge in [-0.05, 0) is 50.0 Å². The van der Waals surface area contributed by atoms with Crippen LogP contribution < -0.4 is 16.6 Å². The van der Waals surface area contributed by atoms with Crippen molar-refractivity contribution >= 4 is 33.3 Å². The van der Waals surface area contributed by atoms with Crippen LogP contribution in [0.15, 0.2) is 6.07 Å². The Balaban J connectivity index is 1.72. The number of hydrogen-bond donors (Lipinski definition) is 3. The fourth-order valence-electron chi connectivity index (χ4n) is 3.01. The zero-order chi connectivity index (χ0) is 14.4. The maximum Gasteiger partial charge on any atom is 0.240 e. The van der Waals surface area contributed by atoms with Gasteiger partial charge in [0.25, 0.3) is 0 Å². The summed E-state index contributed by atoms with van der Waals surface area (Å²) < 4.78 is 0. The van der Waals surface area contributed by atoms with Crippen molar-refractivity contribution in [1.82, 2.24) is 9.97 Å². The number of fused-ring (bicyclic) bond motifs is 1. The van der Waals surface area contributed by atoms with Crippen LogP contribution in [0, 0.1) is 11.8 Å². The lowest BCUT2D eigenvalue weighted by Gasteiger charge is -2.19. The predicted molar refractivity (Wildman–Crippen MR) is 87.5 cm³/mol. The first kappa shape index (κ1) is 13.3. The highest BCUT2D eigenvalue weighted by Crippen LogP contribution is 2.46. The van der Waals surface area contributed by atoms with Crippen LogP contribution in [0.3, 0.4) is 0 Å². The number of nitrogen functional groups attached to an aromatic ring is 1. The molecule has 5 nitrogen and oxygen atoms in total. The molecule has 0 saturated heterocycles. The van der Waals surface area contributed by atoms with E-state index >= 15 is 0 Å². The van der Waals surface area contributed by atoms with Crippen molar-refractivity contribution in [3.63, 3.8) is 0 Å². The average Bonchev–Trinajstić information content (AvgIpc) is 3.41. The van der Waals surface area contributed by atoms with Crippen molar-refractivity contribution in [1.29, 1.82) is 0 Å². The highest BCUT2D eigenvalue weighted by Gasteiger charge is 2.41. The number of aryl methyl sites for hydroxylation is 1. The van der Waals surface area contributed by atoms with Crippen molar-refractivity contribution in [3.05, 3.63) is 10.9 Å². The number of hydrogen-bond acceptors (Lipinski definition) is 6. The van der Waals surface area contributed by atoms with Gasteiger partial charge < -0.3 is 5.32 Å². The number of nitrogens with one attached hydrogen (secondary N) is 2. The van der Waals surface area contributed by atoms with E-state index in [1.54, 1.807) is 11.3 Å². The third-order valence-electron chi connectivity index (χ3n) is 4.48. The second-order valence-electron chi connectivity index (χ2n) is 6.17. The Kier molecular flexibility index (Phi) is 3.23. The van der Waals surface area contributed by atoms with E-state index in [9.17, 15) is 0 Å². The summed E-state index contributed by atoms with van der Waals surface area (Å²) in [5.74, 6) is 8.65. The first-order valence-corrected chi connectivity index (χ1v) is 8.63. The molecule has 2 aliphatic carbocycles. The number of rotatable bonds is 6. The summed E-state index contributed by atoms with van der Waals surface area (Å²) in [6.45, 7) is 2.17. The normalized spacial score (nSPS) is 18.4. The maximum absolute atomic E-state index is 5.53. The predicted octanol–water partition coefficient (Wildman–Crippen LogP) is 3.14. The van der Waals surface area contributed by atoms with Crippen molar-refractivity contribution < 1.29 is 0 Å². The van der Waals surface area contributed by atoms with Crippen molar-refractivity contribution in [2.75, 3.05) is 10.7 Å². The van der Waals surface area contributed by atoms with Crippen LogP contribution in [-0.4, -0.2) is 16.0 Å². The quantitative estimate of drug-likeness (QED) is 0.564. The topological polar surface area (TPSA) is 75.9 Å².